The molecular weight excluding hydrogens is 973 g/mol. The highest BCUT2D eigenvalue weighted by Gasteiger charge is 2.47. The highest BCUT2D eigenvalue weighted by Crippen LogP contribution is 2.27. The number of amides is 8. The first-order chi connectivity index (χ1) is 35.5. The van der Waals surface area contributed by atoms with E-state index in [1.54, 1.807) is 58.0 Å². The molecule has 3 aromatic carbocycles. The molecular formula is C53H70N8O14. The van der Waals surface area contributed by atoms with Gasteiger partial charge in [-0.3, -0.25) is 38.4 Å². The molecule has 2 fully saturated rings. The molecule has 0 saturated carbocycles. The Bertz CT molecular complexity index is 2510. The van der Waals surface area contributed by atoms with Gasteiger partial charge < -0.3 is 67.3 Å². The molecule has 22 heteroatoms. The monoisotopic (exact) mass is 1040 g/mol. The summed E-state index contributed by atoms with van der Waals surface area (Å²) in [5.74, 6) is -9.96. The molecule has 0 aromatic heterocycles. The van der Waals surface area contributed by atoms with Crippen LogP contribution in [0.15, 0.2) is 78.9 Å². The number of ether oxygens (including phenoxy) is 1. The summed E-state index contributed by atoms with van der Waals surface area (Å²) < 4.78 is 5.95. The molecule has 11 atom stereocenters. The molecule has 2 heterocycles. The van der Waals surface area contributed by atoms with Crippen molar-refractivity contribution < 1.29 is 68.3 Å². The number of aliphatic hydroxyl groups is 2. The van der Waals surface area contributed by atoms with Crippen molar-refractivity contribution in [2.75, 3.05) is 7.05 Å². The number of carbonyl (C=O) groups excluding carboxylic acids is 9. The second-order valence-corrected chi connectivity index (χ2v) is 19.6. The van der Waals surface area contributed by atoms with Crippen molar-refractivity contribution >= 4 is 53.2 Å². The molecule has 11 N–H and O–H groups in total. The lowest BCUT2D eigenvalue weighted by atomic mass is 9.93. The third-order valence-electron chi connectivity index (χ3n) is 13.6. The predicted octanol–water partition coefficient (Wildman–Crippen LogP) is -0.0401. The van der Waals surface area contributed by atoms with Gasteiger partial charge in [0.15, 0.2) is 0 Å². The molecule has 2 aliphatic heterocycles. The number of fused-ring (bicyclic) bond motifs is 2. The molecule has 0 unspecified atom stereocenters. The number of nitrogens with two attached hydrogens (primary N) is 1. The predicted molar refractivity (Wildman–Crippen MR) is 270 cm³/mol. The van der Waals surface area contributed by atoms with Crippen molar-refractivity contribution in [2.24, 2.45) is 17.6 Å². The number of esters is 1. The van der Waals surface area contributed by atoms with Crippen LogP contribution in [-0.4, -0.2) is 151 Å². The quantitative estimate of drug-likeness (QED) is 0.0843. The lowest BCUT2D eigenvalue weighted by Crippen LogP contribution is -2.66. The summed E-state index contributed by atoms with van der Waals surface area (Å²) in [7, 11) is 1.38. The number of phenols is 2. The van der Waals surface area contributed by atoms with Crippen LogP contribution in [0.2, 0.25) is 0 Å². The highest BCUT2D eigenvalue weighted by atomic mass is 16.5. The number of primary amides is 1. The number of aliphatic hydroxyl groups excluding tert-OH is 2. The van der Waals surface area contributed by atoms with Crippen molar-refractivity contribution in [3.8, 4) is 11.5 Å². The van der Waals surface area contributed by atoms with E-state index in [-0.39, 0.29) is 43.6 Å². The number of hydrogen-bond donors (Lipinski definition) is 10. The fourth-order valence-electron chi connectivity index (χ4n) is 8.97. The van der Waals surface area contributed by atoms with Crippen LogP contribution in [0.25, 0.3) is 0 Å². The Kier molecular flexibility index (Phi) is 20.7. The van der Waals surface area contributed by atoms with Gasteiger partial charge in [0.05, 0.1) is 0 Å². The van der Waals surface area contributed by atoms with Gasteiger partial charge in [0, 0.05) is 32.7 Å². The Hall–Kier alpha value is -7.59. The molecule has 0 spiro atoms. The molecule has 8 amide bonds. The van der Waals surface area contributed by atoms with Crippen molar-refractivity contribution in [1.82, 2.24) is 36.4 Å². The number of hydrogen-bond acceptors (Lipinski definition) is 14. The summed E-state index contributed by atoms with van der Waals surface area (Å²) in [6.07, 6.45) is -6.26. The number of phenolic OH excluding ortho intramolecular Hbond substituents is 2. The largest absolute Gasteiger partial charge is 0.508 e. The maximum atomic E-state index is 14.8. The van der Waals surface area contributed by atoms with Gasteiger partial charge in [-0.25, -0.2) is 4.79 Å². The van der Waals surface area contributed by atoms with Crippen LogP contribution in [0.4, 0.5) is 0 Å². The van der Waals surface area contributed by atoms with E-state index < -0.39 is 139 Å². The minimum absolute atomic E-state index is 0.0588. The summed E-state index contributed by atoms with van der Waals surface area (Å²) in [4.78, 5) is 130. The van der Waals surface area contributed by atoms with Crippen LogP contribution in [-0.2, 0) is 67.2 Å². The molecule has 75 heavy (non-hydrogen) atoms. The van der Waals surface area contributed by atoms with Gasteiger partial charge in [0.1, 0.15) is 72.2 Å². The summed E-state index contributed by atoms with van der Waals surface area (Å²) in [6, 6.07) is 9.38. The summed E-state index contributed by atoms with van der Waals surface area (Å²) in [6.45, 7) is 7.98. The minimum atomic E-state index is -1.91. The Balaban J connectivity index is 1.60. The Labute approximate surface area is 435 Å². The molecule has 0 radical (unpaired) electrons. The summed E-state index contributed by atoms with van der Waals surface area (Å²) in [5.41, 5.74) is 6.92. The van der Waals surface area contributed by atoms with Crippen LogP contribution < -0.4 is 32.3 Å². The van der Waals surface area contributed by atoms with Crippen molar-refractivity contribution in [2.45, 2.75) is 147 Å². The number of carbonyl (C=O) groups is 9. The van der Waals surface area contributed by atoms with Gasteiger partial charge in [-0.15, -0.1) is 0 Å². The standard InChI is InChI=1S/C53H70N8O14/c1-7-29(4)43-53(74)75-30(5)44(59-46(67)36(21-23-41(54)65)55-49(70)40(64)27-33-15-19-35(63)20-16-33)50(71)57-38(25-32-13-17-34(62)18-14-32)47(68)56-37-22-24-42(66)61(51(37)72)45(28(2)3)52(73)60(6)39(48(69)58-43)26-31-11-9-8-10-12-31/h8-20,28-30,36-40,42-45,62-64,66H,7,21-27H2,1-6H3,(H2,54,65)(H,55,70)(H,56,68)(H,57,71)(H,58,69)(H,59,67)/t29-,30+,36-,37-,38-,39+,40+,42+,43-,44-,45-/m0/s1. The van der Waals surface area contributed by atoms with E-state index in [0.717, 1.165) is 9.80 Å². The second kappa shape index (κ2) is 26.6. The normalized spacial score (nSPS) is 24.5. The number of nitrogens with zero attached hydrogens (tertiary/aromatic N) is 2. The molecule has 5 rings (SSSR count). The van der Waals surface area contributed by atoms with E-state index in [1.807, 2.05) is 0 Å². The number of benzene rings is 3. The molecule has 0 aliphatic carbocycles. The molecule has 406 valence electrons. The zero-order valence-electron chi connectivity index (χ0n) is 42.9. The Morgan fingerprint density at radius 3 is 1.96 bits per heavy atom. The Morgan fingerprint density at radius 2 is 1.37 bits per heavy atom. The molecule has 2 saturated heterocycles. The second-order valence-electron chi connectivity index (χ2n) is 19.6. The number of cyclic esters (lactones) is 1. The van der Waals surface area contributed by atoms with Gasteiger partial charge in [0.25, 0.3) is 0 Å². The molecule has 22 nitrogen and oxygen atoms in total. The molecule has 2 bridgehead atoms. The average molecular weight is 1040 g/mol. The Morgan fingerprint density at radius 1 is 0.773 bits per heavy atom. The van der Waals surface area contributed by atoms with Gasteiger partial charge in [-0.1, -0.05) is 88.7 Å². The molecule has 3 aromatic rings. The van der Waals surface area contributed by atoms with E-state index in [1.165, 1.54) is 62.5 Å². The van der Waals surface area contributed by atoms with Crippen LogP contribution in [0.5, 0.6) is 11.5 Å². The fourth-order valence-corrected chi connectivity index (χ4v) is 8.97. The number of aromatic hydroxyl groups is 2. The topological polar surface area (TPSA) is 336 Å². The highest BCUT2D eigenvalue weighted by molar-refractivity contribution is 5.98. The van der Waals surface area contributed by atoms with Gasteiger partial charge >= 0.3 is 5.97 Å². The van der Waals surface area contributed by atoms with E-state index in [2.05, 4.69) is 26.6 Å². The smallest absolute Gasteiger partial charge is 0.329 e. The zero-order valence-corrected chi connectivity index (χ0v) is 42.9. The van der Waals surface area contributed by atoms with E-state index in [4.69, 9.17) is 10.5 Å². The zero-order chi connectivity index (χ0) is 55.3. The van der Waals surface area contributed by atoms with E-state index in [0.29, 0.717) is 23.1 Å². The third kappa shape index (κ3) is 15.7. The van der Waals surface area contributed by atoms with Crippen LogP contribution in [0, 0.1) is 11.8 Å². The molecule has 2 aliphatic rings. The first kappa shape index (κ1) is 58.3. The fraction of sp³-hybridized carbons (Fsp3) is 0.491. The number of rotatable bonds is 16. The first-order valence-electron chi connectivity index (χ1n) is 25.0. The van der Waals surface area contributed by atoms with Crippen LogP contribution in [0.3, 0.4) is 0 Å². The lowest BCUT2D eigenvalue weighted by molar-refractivity contribution is -0.167. The average Bonchev–Trinajstić information content (AvgIpc) is 3.37. The van der Waals surface area contributed by atoms with Crippen molar-refractivity contribution in [3.05, 3.63) is 95.6 Å². The maximum absolute atomic E-state index is 14.8. The SMILES string of the molecule is CC[C@H](C)[C@@H]1NC(=O)[C@@H](Cc2ccccc2)N(C)C(=O)[C@H](C(C)C)N2C(=O)[C@H](CC[C@H]2O)NC(=O)[C@H](Cc2ccc(O)cc2)NC(=O)[C@@H](NC(=O)[C@H](CCC(N)=O)NC(=O)[C@H](O)Cc2ccc(O)cc2)[C@@H](C)OC1=O. The first-order valence-corrected chi connectivity index (χ1v) is 25.0. The van der Waals surface area contributed by atoms with Crippen LogP contribution >= 0.6 is 0 Å². The van der Waals surface area contributed by atoms with Gasteiger partial charge in [-0.05, 0) is 79.0 Å². The van der Waals surface area contributed by atoms with Gasteiger partial charge in [0.2, 0.25) is 47.3 Å². The number of nitrogens with one attached hydrogen (secondary N) is 5. The van der Waals surface area contributed by atoms with Crippen LogP contribution in [0.1, 0.15) is 83.4 Å². The number of likely N-dealkylation sites (N-methyl/N-ethyl adjacent to an activating group) is 1. The van der Waals surface area contributed by atoms with E-state index >= 15 is 0 Å². The third-order valence-corrected chi connectivity index (χ3v) is 13.6. The van der Waals surface area contributed by atoms with Crippen molar-refractivity contribution in [1.29, 1.82) is 0 Å². The minimum Gasteiger partial charge on any atom is -0.508 e. The summed E-state index contributed by atoms with van der Waals surface area (Å²) in [5, 5.41) is 55.0. The number of piperidine rings is 1. The van der Waals surface area contributed by atoms with Crippen molar-refractivity contribution in [3.63, 3.8) is 0 Å². The summed E-state index contributed by atoms with van der Waals surface area (Å²) >= 11 is 0. The van der Waals surface area contributed by atoms with E-state index in [9.17, 15) is 63.6 Å². The maximum Gasteiger partial charge on any atom is 0.329 e. The lowest BCUT2D eigenvalue weighted by Gasteiger charge is -2.44. The van der Waals surface area contributed by atoms with Gasteiger partial charge in [-0.2, -0.15) is 0 Å².